The third-order valence-electron chi connectivity index (χ3n) is 5.97. The second kappa shape index (κ2) is 10.5. The van der Waals surface area contributed by atoms with E-state index in [1.54, 1.807) is 12.3 Å². The number of anilines is 1. The summed E-state index contributed by atoms with van der Waals surface area (Å²) in [6, 6.07) is 18.9. The van der Waals surface area contributed by atoms with Gasteiger partial charge < -0.3 is 24.1 Å². The van der Waals surface area contributed by atoms with Gasteiger partial charge in [-0.15, -0.1) is 0 Å². The highest BCUT2D eigenvalue weighted by atomic mass is 16.5. The number of rotatable bonds is 9. The fourth-order valence-electron chi connectivity index (χ4n) is 4.05. The Hall–Kier alpha value is -3.74. The van der Waals surface area contributed by atoms with Crippen molar-refractivity contribution < 1.29 is 25.2 Å². The molecule has 34 heavy (non-hydrogen) atoms. The summed E-state index contributed by atoms with van der Waals surface area (Å²) in [5.74, 6) is -0.407. The molecule has 1 amide bonds. The first-order valence-corrected chi connectivity index (χ1v) is 11.4. The van der Waals surface area contributed by atoms with E-state index in [0.29, 0.717) is 24.3 Å². The van der Waals surface area contributed by atoms with Gasteiger partial charge in [0.25, 0.3) is 5.91 Å². The van der Waals surface area contributed by atoms with Gasteiger partial charge in [-0.1, -0.05) is 18.2 Å². The summed E-state index contributed by atoms with van der Waals surface area (Å²) in [5.41, 5.74) is 2.49. The largest absolute Gasteiger partial charge is 0.483 e. The molecule has 0 saturated carbocycles. The monoisotopic (exact) mass is 463 g/mol. The zero-order valence-electron chi connectivity index (χ0n) is 20.4. The van der Waals surface area contributed by atoms with E-state index in [0.717, 1.165) is 17.0 Å². The summed E-state index contributed by atoms with van der Waals surface area (Å²) in [5, 5.41) is 9.17. The molecule has 0 radical (unpaired) electrons. The van der Waals surface area contributed by atoms with Crippen LogP contribution in [0.5, 0.6) is 5.75 Å². The van der Waals surface area contributed by atoms with Gasteiger partial charge in [0, 0.05) is 42.5 Å². The Kier molecular flexibility index (Phi) is 6.79. The number of hydrogen-bond donors (Lipinski definition) is 1. The standard InChI is InChI=1S/C27H30N2O5/c1-19(2)29(23-11-9-20(10-12-23)24-8-5-15-33-24)17-21-6-3-4-7-25(21)34-18-26(30)28-14-13-22(16-28)27(31)32/h3-12,15,19,22H,13-14,16-18H2,1-2H3,(H,31,32)/i17D. The average molecular weight is 464 g/mol. The van der Waals surface area contributed by atoms with Gasteiger partial charge in [-0.3, -0.25) is 9.59 Å². The van der Waals surface area contributed by atoms with Gasteiger partial charge in [0.15, 0.2) is 6.61 Å². The lowest BCUT2D eigenvalue weighted by Crippen LogP contribution is -2.34. The van der Waals surface area contributed by atoms with E-state index in [1.807, 2.05) is 73.3 Å². The van der Waals surface area contributed by atoms with Crippen molar-refractivity contribution in [3.8, 4) is 17.1 Å². The van der Waals surface area contributed by atoms with E-state index in [4.69, 9.17) is 10.5 Å². The molecule has 0 aliphatic carbocycles. The van der Waals surface area contributed by atoms with Gasteiger partial charge in [0.1, 0.15) is 11.5 Å². The normalized spacial score (nSPS) is 16.9. The lowest BCUT2D eigenvalue weighted by Gasteiger charge is -2.30. The number of benzene rings is 2. The van der Waals surface area contributed by atoms with Gasteiger partial charge in [0.2, 0.25) is 0 Å². The number of ether oxygens (including phenoxy) is 1. The number of nitrogens with zero attached hydrogens (tertiary/aromatic N) is 2. The Balaban J connectivity index is 1.49. The van der Waals surface area contributed by atoms with Crippen LogP contribution in [0.25, 0.3) is 11.3 Å². The molecule has 2 unspecified atom stereocenters. The van der Waals surface area contributed by atoms with Crippen LogP contribution in [0.3, 0.4) is 0 Å². The topological polar surface area (TPSA) is 83.2 Å². The lowest BCUT2D eigenvalue weighted by molar-refractivity contribution is -0.141. The molecule has 0 bridgehead atoms. The number of hydrogen-bond acceptors (Lipinski definition) is 5. The summed E-state index contributed by atoms with van der Waals surface area (Å²) in [4.78, 5) is 27.3. The predicted octanol–water partition coefficient (Wildman–Crippen LogP) is 4.67. The Morgan fingerprint density at radius 2 is 1.94 bits per heavy atom. The Morgan fingerprint density at radius 1 is 1.18 bits per heavy atom. The van der Waals surface area contributed by atoms with Gasteiger partial charge in [0.05, 0.1) is 13.6 Å². The summed E-state index contributed by atoms with van der Waals surface area (Å²) in [6.45, 7) is 3.71. The molecular formula is C27H30N2O5. The number of aliphatic carboxylic acids is 1. The van der Waals surface area contributed by atoms with Gasteiger partial charge >= 0.3 is 5.97 Å². The van der Waals surface area contributed by atoms with Crippen LogP contribution in [-0.4, -0.2) is 47.6 Å². The molecule has 1 saturated heterocycles. The molecule has 1 aromatic heterocycles. The average Bonchev–Trinajstić information content (AvgIpc) is 3.56. The number of carbonyl (C=O) groups is 2. The van der Waals surface area contributed by atoms with E-state index >= 15 is 0 Å². The highest BCUT2D eigenvalue weighted by Gasteiger charge is 2.31. The number of carboxylic acid groups (broad SMARTS) is 1. The lowest BCUT2D eigenvalue weighted by atomic mass is 10.1. The molecule has 2 atom stereocenters. The molecule has 178 valence electrons. The van der Waals surface area contributed by atoms with E-state index in [1.165, 1.54) is 4.90 Å². The molecule has 7 nitrogen and oxygen atoms in total. The van der Waals surface area contributed by atoms with Crippen LogP contribution in [0, 0.1) is 5.92 Å². The molecule has 0 spiro atoms. The smallest absolute Gasteiger partial charge is 0.308 e. The maximum absolute atomic E-state index is 12.6. The third kappa shape index (κ3) is 5.42. The van der Waals surface area contributed by atoms with Gasteiger partial charge in [-0.25, -0.2) is 0 Å². The number of amides is 1. The first kappa shape index (κ1) is 22.1. The van der Waals surface area contributed by atoms with Crippen molar-refractivity contribution in [1.82, 2.24) is 4.90 Å². The molecule has 7 heteroatoms. The van der Waals surface area contributed by atoms with Crippen molar-refractivity contribution in [1.29, 1.82) is 0 Å². The molecule has 2 aromatic carbocycles. The van der Waals surface area contributed by atoms with Crippen LogP contribution in [0.15, 0.2) is 71.3 Å². The van der Waals surface area contributed by atoms with Crippen molar-refractivity contribution in [2.24, 2.45) is 5.92 Å². The fraction of sp³-hybridized carbons (Fsp3) is 0.333. The number of carboxylic acids is 1. The Morgan fingerprint density at radius 3 is 2.59 bits per heavy atom. The predicted molar refractivity (Wildman–Crippen MR) is 130 cm³/mol. The van der Waals surface area contributed by atoms with Crippen LogP contribution in [0.1, 0.15) is 27.2 Å². The zero-order chi connectivity index (χ0) is 24.9. The molecule has 3 aromatic rings. The molecule has 1 aliphatic heterocycles. The van der Waals surface area contributed by atoms with Crippen LogP contribution in [0.2, 0.25) is 0 Å². The van der Waals surface area contributed by atoms with Crippen molar-refractivity contribution in [2.45, 2.75) is 32.8 Å². The number of likely N-dealkylation sites (tertiary alicyclic amines) is 1. The van der Waals surface area contributed by atoms with Crippen LogP contribution in [0.4, 0.5) is 5.69 Å². The zero-order valence-corrected chi connectivity index (χ0v) is 19.4. The molecular weight excluding hydrogens is 432 g/mol. The van der Waals surface area contributed by atoms with Crippen LogP contribution < -0.4 is 9.64 Å². The van der Waals surface area contributed by atoms with Gasteiger partial charge in [-0.2, -0.15) is 0 Å². The van der Waals surface area contributed by atoms with Crippen molar-refractivity contribution in [3.63, 3.8) is 0 Å². The van der Waals surface area contributed by atoms with Crippen molar-refractivity contribution in [3.05, 3.63) is 72.5 Å². The molecule has 4 rings (SSSR count). The van der Waals surface area contributed by atoms with Crippen molar-refractivity contribution >= 4 is 17.6 Å². The molecule has 1 aliphatic rings. The number of para-hydroxylation sites is 1. The first-order chi connectivity index (χ1) is 16.8. The highest BCUT2D eigenvalue weighted by Crippen LogP contribution is 2.28. The maximum atomic E-state index is 12.6. The second-order valence-corrected chi connectivity index (χ2v) is 8.64. The second-order valence-electron chi connectivity index (χ2n) is 8.64. The van der Waals surface area contributed by atoms with Crippen LogP contribution >= 0.6 is 0 Å². The SMILES string of the molecule is [2H]C(c1ccccc1OCC(=O)N1CCC(C(=O)O)C1)N(c1ccc(-c2ccco2)cc1)C(C)C. The first-order valence-electron chi connectivity index (χ1n) is 12.0. The summed E-state index contributed by atoms with van der Waals surface area (Å²) >= 11 is 0. The quantitative estimate of drug-likeness (QED) is 0.496. The van der Waals surface area contributed by atoms with E-state index in [-0.39, 0.29) is 25.1 Å². The van der Waals surface area contributed by atoms with Crippen LogP contribution in [-0.2, 0) is 16.1 Å². The number of furan rings is 1. The minimum atomic E-state index is -0.880. The number of carbonyl (C=O) groups excluding carboxylic acids is 1. The highest BCUT2D eigenvalue weighted by molar-refractivity contribution is 5.80. The minimum absolute atomic E-state index is 0.0270. The summed E-state index contributed by atoms with van der Waals surface area (Å²) in [7, 11) is 0. The molecule has 1 N–H and O–H groups in total. The van der Waals surface area contributed by atoms with Gasteiger partial charge in [-0.05, 0) is 62.7 Å². The van der Waals surface area contributed by atoms with E-state index in [9.17, 15) is 14.7 Å². The summed E-state index contributed by atoms with van der Waals surface area (Å²) < 4.78 is 20.4. The maximum Gasteiger partial charge on any atom is 0.308 e. The van der Waals surface area contributed by atoms with E-state index in [2.05, 4.69) is 0 Å². The Bertz CT molecular complexity index is 1150. The third-order valence-corrected chi connectivity index (χ3v) is 5.97. The molecule has 2 heterocycles. The Labute approximate surface area is 201 Å². The fourth-order valence-corrected chi connectivity index (χ4v) is 4.05. The summed E-state index contributed by atoms with van der Waals surface area (Å²) in [6.07, 6.45) is 2.09. The van der Waals surface area contributed by atoms with Crippen molar-refractivity contribution in [2.75, 3.05) is 24.6 Å². The van der Waals surface area contributed by atoms with E-state index < -0.39 is 18.4 Å². The minimum Gasteiger partial charge on any atom is -0.483 e. The molecule has 1 fully saturated rings.